The number of benzene rings is 2. The van der Waals surface area contributed by atoms with Gasteiger partial charge in [-0.25, -0.2) is 4.79 Å². The molecular formula is C25H27N3O3S. The van der Waals surface area contributed by atoms with E-state index < -0.39 is 12.0 Å². The maximum atomic E-state index is 13.2. The molecule has 1 heterocycles. The Labute approximate surface area is 192 Å². The molecule has 3 rings (SSSR count). The first-order valence-corrected chi connectivity index (χ1v) is 11.7. The molecular weight excluding hydrogens is 422 g/mol. The third-order valence-electron chi connectivity index (χ3n) is 4.97. The quantitative estimate of drug-likeness (QED) is 0.447. The summed E-state index contributed by atoms with van der Waals surface area (Å²) in [7, 11) is 1.33. The van der Waals surface area contributed by atoms with Crippen LogP contribution in [0.2, 0.25) is 0 Å². The molecule has 0 fully saturated rings. The summed E-state index contributed by atoms with van der Waals surface area (Å²) in [5, 5.41) is 6.24. The molecule has 0 radical (unpaired) electrons. The van der Waals surface area contributed by atoms with Gasteiger partial charge in [0.25, 0.3) is 5.91 Å². The minimum Gasteiger partial charge on any atom is -0.467 e. The highest BCUT2D eigenvalue weighted by Gasteiger charge is 2.23. The highest BCUT2D eigenvalue weighted by molar-refractivity contribution is 7.98. The number of ether oxygens (including phenoxy) is 1. The predicted molar refractivity (Wildman–Crippen MR) is 130 cm³/mol. The fraction of sp³-hybridized carbons (Fsp3) is 0.240. The highest BCUT2D eigenvalue weighted by Crippen LogP contribution is 2.27. The van der Waals surface area contributed by atoms with Crippen molar-refractivity contribution in [3.63, 3.8) is 0 Å². The van der Waals surface area contributed by atoms with E-state index in [1.165, 1.54) is 7.11 Å². The second-order valence-electron chi connectivity index (χ2n) is 7.17. The Morgan fingerprint density at radius 3 is 2.59 bits per heavy atom. The molecule has 0 spiro atoms. The smallest absolute Gasteiger partial charge is 0.328 e. The third-order valence-corrected chi connectivity index (χ3v) is 5.61. The zero-order valence-electron chi connectivity index (χ0n) is 18.2. The molecule has 6 nitrogen and oxygen atoms in total. The van der Waals surface area contributed by atoms with Gasteiger partial charge < -0.3 is 15.4 Å². The number of anilines is 1. The Kier molecular flexibility index (Phi) is 8.69. The second-order valence-corrected chi connectivity index (χ2v) is 8.16. The van der Waals surface area contributed by atoms with Crippen LogP contribution < -0.4 is 10.6 Å². The lowest BCUT2D eigenvalue weighted by atomic mass is 9.98. The molecule has 1 aromatic heterocycles. The number of pyridine rings is 1. The third kappa shape index (κ3) is 6.34. The van der Waals surface area contributed by atoms with Crippen molar-refractivity contribution in [2.24, 2.45) is 0 Å². The molecule has 0 aliphatic heterocycles. The van der Waals surface area contributed by atoms with Gasteiger partial charge in [-0.15, -0.1) is 0 Å². The monoisotopic (exact) mass is 449 g/mol. The number of amides is 1. The van der Waals surface area contributed by atoms with Crippen LogP contribution in [0.5, 0.6) is 0 Å². The van der Waals surface area contributed by atoms with Crippen LogP contribution in [0.25, 0.3) is 11.1 Å². The van der Waals surface area contributed by atoms with Gasteiger partial charge in [-0.05, 0) is 59.4 Å². The summed E-state index contributed by atoms with van der Waals surface area (Å²) in [5.74, 6) is -0.00873. The molecule has 3 aromatic rings. The molecule has 0 unspecified atom stereocenters. The summed E-state index contributed by atoms with van der Waals surface area (Å²) in [5.41, 5.74) is 4.15. The van der Waals surface area contributed by atoms with Crippen LogP contribution >= 0.6 is 11.8 Å². The van der Waals surface area contributed by atoms with Crippen LogP contribution in [-0.4, -0.2) is 42.0 Å². The maximum Gasteiger partial charge on any atom is 0.328 e. The zero-order chi connectivity index (χ0) is 22.8. The lowest BCUT2D eigenvalue weighted by Gasteiger charge is -2.18. The van der Waals surface area contributed by atoms with Crippen molar-refractivity contribution < 1.29 is 14.3 Å². The molecule has 2 N–H and O–H groups in total. The number of esters is 1. The number of rotatable bonds is 10. The number of thioether (sulfide) groups is 1. The first-order valence-electron chi connectivity index (χ1n) is 10.3. The Balaban J connectivity index is 1.86. The van der Waals surface area contributed by atoms with Gasteiger partial charge in [-0.1, -0.05) is 36.4 Å². The average molecular weight is 450 g/mol. The van der Waals surface area contributed by atoms with Crippen LogP contribution in [0.15, 0.2) is 73.1 Å². The van der Waals surface area contributed by atoms with E-state index in [1.54, 1.807) is 24.0 Å². The molecule has 0 saturated heterocycles. The van der Waals surface area contributed by atoms with E-state index in [1.807, 2.05) is 67.0 Å². The fourth-order valence-corrected chi connectivity index (χ4v) is 3.75. The summed E-state index contributed by atoms with van der Waals surface area (Å²) < 4.78 is 4.88. The number of nitrogens with zero attached hydrogens (tertiary/aromatic N) is 1. The first kappa shape index (κ1) is 23.3. The largest absolute Gasteiger partial charge is 0.467 e. The SMILES string of the molecule is COC(=O)[C@H](CCSC)NC(=O)c1ccc(NCc2cccnc2)cc1-c1ccccc1. The Morgan fingerprint density at radius 1 is 1.09 bits per heavy atom. The van der Waals surface area contributed by atoms with Gasteiger partial charge in [0.15, 0.2) is 0 Å². The topological polar surface area (TPSA) is 80.3 Å². The van der Waals surface area contributed by atoms with Crippen molar-refractivity contribution in [2.75, 3.05) is 24.4 Å². The normalized spacial score (nSPS) is 11.4. The summed E-state index contributed by atoms with van der Waals surface area (Å²) in [6.07, 6.45) is 6.02. The van der Waals surface area contributed by atoms with Gasteiger partial charge in [0.2, 0.25) is 0 Å². The van der Waals surface area contributed by atoms with Crippen LogP contribution in [0.3, 0.4) is 0 Å². The Hall–Kier alpha value is -3.32. The lowest BCUT2D eigenvalue weighted by molar-refractivity contribution is -0.142. The van der Waals surface area contributed by atoms with Crippen molar-refractivity contribution in [2.45, 2.75) is 19.0 Å². The lowest BCUT2D eigenvalue weighted by Crippen LogP contribution is -2.42. The molecule has 32 heavy (non-hydrogen) atoms. The summed E-state index contributed by atoms with van der Waals surface area (Å²) >= 11 is 1.61. The predicted octanol–water partition coefficient (Wildman–Crippen LogP) is 4.39. The van der Waals surface area contributed by atoms with Gasteiger partial charge in [-0.3, -0.25) is 9.78 Å². The van der Waals surface area contributed by atoms with E-state index in [2.05, 4.69) is 15.6 Å². The number of nitrogens with one attached hydrogen (secondary N) is 2. The summed E-state index contributed by atoms with van der Waals surface area (Å²) in [6.45, 7) is 0.618. The van der Waals surface area contributed by atoms with Crippen molar-refractivity contribution in [1.82, 2.24) is 10.3 Å². The van der Waals surface area contributed by atoms with Gasteiger partial charge in [0.05, 0.1) is 7.11 Å². The van der Waals surface area contributed by atoms with Gasteiger partial charge in [0.1, 0.15) is 6.04 Å². The summed E-state index contributed by atoms with van der Waals surface area (Å²) in [4.78, 5) is 29.5. The van der Waals surface area contributed by atoms with E-state index in [9.17, 15) is 9.59 Å². The van der Waals surface area contributed by atoms with Crippen molar-refractivity contribution in [3.8, 4) is 11.1 Å². The number of hydrogen-bond acceptors (Lipinski definition) is 6. The molecule has 0 bridgehead atoms. The van der Waals surface area contributed by atoms with Crippen molar-refractivity contribution >= 4 is 29.3 Å². The van der Waals surface area contributed by atoms with Gasteiger partial charge in [-0.2, -0.15) is 11.8 Å². The van der Waals surface area contributed by atoms with E-state index in [4.69, 9.17) is 4.74 Å². The van der Waals surface area contributed by atoms with E-state index in [0.717, 1.165) is 28.1 Å². The Morgan fingerprint density at radius 2 is 1.91 bits per heavy atom. The number of aromatic nitrogens is 1. The number of carbonyl (C=O) groups excluding carboxylic acids is 2. The van der Waals surface area contributed by atoms with Crippen LogP contribution in [0.1, 0.15) is 22.3 Å². The Bertz CT molecular complexity index is 1030. The molecule has 0 saturated carbocycles. The van der Waals surface area contributed by atoms with Crippen molar-refractivity contribution in [3.05, 3.63) is 84.2 Å². The van der Waals surface area contributed by atoms with Gasteiger partial charge >= 0.3 is 5.97 Å². The number of hydrogen-bond donors (Lipinski definition) is 2. The molecule has 1 amide bonds. The van der Waals surface area contributed by atoms with E-state index in [-0.39, 0.29) is 5.91 Å². The molecule has 7 heteroatoms. The molecule has 1 atom stereocenters. The standard InChI is InChI=1S/C25H27N3O3S/c1-31-25(30)23(12-14-32-2)28-24(29)21-11-10-20(27-17-18-7-6-13-26-16-18)15-22(21)19-8-4-3-5-9-19/h3-11,13,15-16,23,27H,12,14,17H2,1-2H3,(H,28,29)/t23-/m0/s1. The van der Waals surface area contributed by atoms with Crippen molar-refractivity contribution in [1.29, 1.82) is 0 Å². The van der Waals surface area contributed by atoms with E-state index in [0.29, 0.717) is 18.5 Å². The minimum atomic E-state index is -0.688. The van der Waals surface area contributed by atoms with Crippen LogP contribution in [0.4, 0.5) is 5.69 Å². The zero-order valence-corrected chi connectivity index (χ0v) is 19.0. The second kappa shape index (κ2) is 11.9. The molecule has 2 aromatic carbocycles. The van der Waals surface area contributed by atoms with Gasteiger partial charge in [0, 0.05) is 30.2 Å². The molecule has 0 aliphatic rings. The fourth-order valence-electron chi connectivity index (χ4n) is 3.28. The van der Waals surface area contributed by atoms with Crippen LogP contribution in [-0.2, 0) is 16.1 Å². The molecule has 166 valence electrons. The average Bonchev–Trinajstić information content (AvgIpc) is 2.85. The van der Waals surface area contributed by atoms with E-state index >= 15 is 0 Å². The maximum absolute atomic E-state index is 13.2. The molecule has 0 aliphatic carbocycles. The highest BCUT2D eigenvalue weighted by atomic mass is 32.2. The number of methoxy groups -OCH3 is 1. The van der Waals surface area contributed by atoms with Crippen LogP contribution in [0, 0.1) is 0 Å². The summed E-state index contributed by atoms with van der Waals surface area (Å²) in [6, 6.07) is 18.5. The first-order chi connectivity index (χ1) is 15.6. The number of carbonyl (C=O) groups is 2. The minimum absolute atomic E-state index is 0.306.